The minimum Gasteiger partial charge on any atom is -0.444 e. The fraction of sp³-hybridized carbons (Fsp3) is 0.571. The van der Waals surface area contributed by atoms with E-state index in [0.29, 0.717) is 36.6 Å². The Morgan fingerprint density at radius 1 is 1.09 bits per heavy atom. The van der Waals surface area contributed by atoms with Crippen LogP contribution in [-0.2, 0) is 48.4 Å². The summed E-state index contributed by atoms with van der Waals surface area (Å²) < 4.78 is 88.1. The van der Waals surface area contributed by atoms with Gasteiger partial charge in [-0.2, -0.15) is 13.2 Å². The number of halogens is 4. The number of carbonyl (C=O) groups excluding carboxylic acids is 4. The summed E-state index contributed by atoms with van der Waals surface area (Å²) in [6.45, 7) is 6.53. The number of pyridine rings is 1. The van der Waals surface area contributed by atoms with Crippen molar-refractivity contribution in [1.29, 1.82) is 0 Å². The number of amides is 4. The molecular weight excluding hydrogens is 724 g/mol. The molecule has 0 spiro atoms. The van der Waals surface area contributed by atoms with Crippen LogP contribution in [-0.4, -0.2) is 82.5 Å². The quantitative estimate of drug-likeness (QED) is 0.302. The zero-order valence-electron chi connectivity index (χ0n) is 29.6. The van der Waals surface area contributed by atoms with Crippen LogP contribution in [0.3, 0.4) is 0 Å². The second-order valence-corrected chi connectivity index (χ2v) is 17.3. The molecule has 1 aromatic heterocycles. The van der Waals surface area contributed by atoms with Crippen LogP contribution in [0.2, 0.25) is 0 Å². The van der Waals surface area contributed by atoms with Gasteiger partial charge >= 0.3 is 12.3 Å². The molecule has 53 heavy (non-hydrogen) atoms. The topological polar surface area (TPSA) is 167 Å². The fourth-order valence-corrected chi connectivity index (χ4v) is 8.42. The molecule has 1 aromatic carbocycles. The van der Waals surface area contributed by atoms with Crippen molar-refractivity contribution in [2.45, 2.75) is 108 Å². The van der Waals surface area contributed by atoms with Crippen LogP contribution >= 0.6 is 0 Å². The second-order valence-electron chi connectivity index (χ2n) is 15.3. The summed E-state index contributed by atoms with van der Waals surface area (Å²) in [5.41, 5.74) is -2.71. The Hall–Kier alpha value is -4.48. The van der Waals surface area contributed by atoms with Crippen molar-refractivity contribution in [3.8, 4) is 0 Å². The molecule has 2 aromatic rings. The van der Waals surface area contributed by atoms with Crippen molar-refractivity contribution < 1.29 is 49.9 Å². The van der Waals surface area contributed by atoms with Crippen molar-refractivity contribution in [1.82, 2.24) is 24.8 Å². The van der Waals surface area contributed by atoms with E-state index in [-0.39, 0.29) is 38.2 Å². The van der Waals surface area contributed by atoms with Gasteiger partial charge in [0.25, 0.3) is 5.91 Å². The number of aromatic nitrogens is 1. The number of ether oxygens (including phenoxy) is 1. The van der Waals surface area contributed by atoms with Crippen LogP contribution in [0.4, 0.5) is 28.0 Å². The minimum absolute atomic E-state index is 0.0546. The highest BCUT2D eigenvalue weighted by Gasteiger charge is 2.62. The summed E-state index contributed by atoms with van der Waals surface area (Å²) in [5, 5.41) is 4.88. The smallest absolute Gasteiger partial charge is 0.417 e. The van der Waals surface area contributed by atoms with Crippen molar-refractivity contribution in [3.63, 3.8) is 0 Å². The van der Waals surface area contributed by atoms with E-state index in [1.54, 1.807) is 33.8 Å². The predicted molar refractivity (Wildman–Crippen MR) is 181 cm³/mol. The van der Waals surface area contributed by atoms with Gasteiger partial charge in [0.1, 0.15) is 29.5 Å². The normalized spacial score (nSPS) is 24.6. The molecule has 3 N–H and O–H groups in total. The highest BCUT2D eigenvalue weighted by atomic mass is 32.2. The molecule has 6 rings (SSSR count). The monoisotopic (exact) mass is 766 g/mol. The number of alkyl halides is 3. The zero-order valence-corrected chi connectivity index (χ0v) is 30.4. The van der Waals surface area contributed by atoms with E-state index in [1.165, 1.54) is 17.0 Å². The largest absolute Gasteiger partial charge is 0.444 e. The Morgan fingerprint density at radius 2 is 1.81 bits per heavy atom. The van der Waals surface area contributed by atoms with Crippen LogP contribution in [0.1, 0.15) is 76.5 Å². The van der Waals surface area contributed by atoms with Gasteiger partial charge in [0.15, 0.2) is 0 Å². The molecule has 2 aliphatic carbocycles. The molecule has 1 saturated heterocycles. The number of hydrogen-bond acceptors (Lipinski definition) is 9. The van der Waals surface area contributed by atoms with Gasteiger partial charge in [0.2, 0.25) is 21.8 Å². The van der Waals surface area contributed by atoms with Gasteiger partial charge < -0.3 is 20.3 Å². The Morgan fingerprint density at radius 3 is 2.42 bits per heavy atom. The molecule has 2 aliphatic heterocycles. The lowest BCUT2D eigenvalue weighted by atomic mass is 9.85. The van der Waals surface area contributed by atoms with Crippen LogP contribution in [0.15, 0.2) is 36.7 Å². The molecule has 1 unspecified atom stereocenters. The summed E-state index contributed by atoms with van der Waals surface area (Å²) in [6.07, 6.45) is -3.58. The lowest BCUT2D eigenvalue weighted by Crippen LogP contribution is -2.58. The minimum atomic E-state index is -4.71. The first kappa shape index (κ1) is 38.3. The van der Waals surface area contributed by atoms with Gasteiger partial charge in [-0.15, -0.1) is 0 Å². The standard InChI is InChI=1S/C35H42F4N6O7S/c1-5-20-13-34(20,31(48)43-53(50,51)24-9-10-24)42-29(46)27-12-23(52-32(49)44-16-19-7-6-8-26(36)25(19)18-44)17-45(27)30(47)28(33(2,3)4)41-22-11-21(14-40-15-22)35(37,38)39/h6-8,11,14-15,20,23-24,27-28,41H,5,9-10,12-13,16-18H2,1-4H3,(H,42,46)(H,43,48)/t20-,23?,27+,28-,34-/m1/s1. The number of anilines is 1. The number of nitrogens with zero attached hydrogens (tertiary/aromatic N) is 3. The molecular formula is C35H42F4N6O7S. The SMILES string of the molecule is CC[C@@H]1C[C@]1(NC(=O)[C@@H]1CC(OC(=O)N2Cc3cccc(F)c3C2)CN1C(=O)[C@@H](Nc1cncc(C(F)(F)F)c1)C(C)(C)C)C(=O)NS(=O)(=O)C1CC1. The van der Waals surface area contributed by atoms with Crippen molar-refractivity contribution in [3.05, 3.63) is 59.2 Å². The van der Waals surface area contributed by atoms with Crippen molar-refractivity contribution in [2.75, 3.05) is 11.9 Å². The summed E-state index contributed by atoms with van der Waals surface area (Å²) in [4.78, 5) is 61.5. The van der Waals surface area contributed by atoms with Gasteiger partial charge in [-0.05, 0) is 48.3 Å². The average Bonchev–Trinajstić information content (AvgIpc) is 3.97. The van der Waals surface area contributed by atoms with Gasteiger partial charge in [-0.1, -0.05) is 46.2 Å². The van der Waals surface area contributed by atoms with Gasteiger partial charge in [-0.3, -0.25) is 29.0 Å². The first-order valence-corrected chi connectivity index (χ1v) is 19.0. The molecule has 13 nitrogen and oxygen atoms in total. The zero-order chi connectivity index (χ0) is 38.7. The number of nitrogens with one attached hydrogen (secondary N) is 3. The number of sulfonamides is 1. The number of benzene rings is 1. The van der Waals surface area contributed by atoms with Crippen molar-refractivity contribution >= 4 is 39.5 Å². The van der Waals surface area contributed by atoms with Crippen LogP contribution < -0.4 is 15.4 Å². The molecule has 0 bridgehead atoms. The maximum Gasteiger partial charge on any atom is 0.417 e. The molecule has 288 valence electrons. The number of likely N-dealkylation sites (tertiary alicyclic amines) is 1. The Bertz CT molecular complexity index is 1920. The van der Waals surface area contributed by atoms with Crippen LogP contribution in [0, 0.1) is 17.2 Å². The third-order valence-corrected chi connectivity index (χ3v) is 12.2. The molecule has 3 heterocycles. The molecule has 18 heteroatoms. The van der Waals surface area contributed by atoms with Gasteiger partial charge in [-0.25, -0.2) is 17.6 Å². The number of rotatable bonds is 10. The highest BCUT2D eigenvalue weighted by Crippen LogP contribution is 2.47. The fourth-order valence-electron chi connectivity index (χ4n) is 7.05. The van der Waals surface area contributed by atoms with Crippen molar-refractivity contribution in [2.24, 2.45) is 11.3 Å². The van der Waals surface area contributed by atoms with E-state index in [4.69, 9.17) is 4.74 Å². The van der Waals surface area contributed by atoms with E-state index in [1.807, 2.05) is 0 Å². The molecule has 5 atom stereocenters. The van der Waals surface area contributed by atoms with E-state index in [0.717, 1.165) is 17.2 Å². The van der Waals surface area contributed by atoms with E-state index in [9.17, 15) is 45.2 Å². The van der Waals surface area contributed by atoms with E-state index < -0.39 is 91.7 Å². The summed E-state index contributed by atoms with van der Waals surface area (Å²) in [7, 11) is -3.95. The Kier molecular flexibility index (Phi) is 9.91. The predicted octanol–water partition coefficient (Wildman–Crippen LogP) is 4.08. The summed E-state index contributed by atoms with van der Waals surface area (Å²) in [6, 6.07) is 2.75. The highest BCUT2D eigenvalue weighted by molar-refractivity contribution is 7.91. The van der Waals surface area contributed by atoms with Crippen LogP contribution in [0.25, 0.3) is 0 Å². The molecule has 4 amide bonds. The molecule has 3 fully saturated rings. The van der Waals surface area contributed by atoms with E-state index >= 15 is 0 Å². The first-order valence-electron chi connectivity index (χ1n) is 17.4. The lowest BCUT2D eigenvalue weighted by Gasteiger charge is -2.36. The first-order chi connectivity index (χ1) is 24.7. The van der Waals surface area contributed by atoms with E-state index in [2.05, 4.69) is 20.3 Å². The molecule has 4 aliphatic rings. The molecule has 2 saturated carbocycles. The molecule has 0 radical (unpaired) electrons. The third kappa shape index (κ3) is 7.92. The second kappa shape index (κ2) is 13.7. The lowest BCUT2D eigenvalue weighted by molar-refractivity contribution is -0.141. The number of hydrogen-bond donors (Lipinski definition) is 3. The number of fused-ring (bicyclic) bond motifs is 1. The third-order valence-electron chi connectivity index (χ3n) is 10.3. The average molecular weight is 767 g/mol. The maximum absolute atomic E-state index is 14.5. The number of carbonyl (C=O) groups is 4. The van der Waals surface area contributed by atoms with Gasteiger partial charge in [0, 0.05) is 30.9 Å². The summed E-state index contributed by atoms with van der Waals surface area (Å²) >= 11 is 0. The Balaban J connectivity index is 1.26. The van der Waals surface area contributed by atoms with Crippen LogP contribution in [0.5, 0.6) is 0 Å². The van der Waals surface area contributed by atoms with Gasteiger partial charge in [0.05, 0.1) is 29.6 Å². The summed E-state index contributed by atoms with van der Waals surface area (Å²) in [5.74, 6) is -3.25. The Labute approximate surface area is 304 Å². The maximum atomic E-state index is 14.5.